The molecule has 0 aromatic rings. The lowest BCUT2D eigenvalue weighted by Gasteiger charge is -2.45. The number of nitrogens with zero attached hydrogens (tertiary/aromatic N) is 2. The number of allylic oxidation sites excluding steroid dienone is 1. The molecule has 24 heavy (non-hydrogen) atoms. The van der Waals surface area contributed by atoms with Crippen LogP contribution in [0.15, 0.2) is 11.6 Å². The van der Waals surface area contributed by atoms with Crippen LogP contribution in [0.5, 0.6) is 0 Å². The lowest BCUT2D eigenvalue weighted by molar-refractivity contribution is -0.116. The quantitative estimate of drug-likeness (QED) is 0.752. The summed E-state index contributed by atoms with van der Waals surface area (Å²) in [4.78, 5) is 16.9. The molecule has 1 amide bonds. The van der Waals surface area contributed by atoms with E-state index in [9.17, 15) is 4.79 Å². The minimum Gasteiger partial charge on any atom is -0.379 e. The van der Waals surface area contributed by atoms with E-state index in [0.717, 1.165) is 51.5 Å². The van der Waals surface area contributed by atoms with Crippen LogP contribution >= 0.6 is 0 Å². The number of nitrogens with one attached hydrogen (secondary N) is 1. The van der Waals surface area contributed by atoms with Crippen LogP contribution in [-0.2, 0) is 9.53 Å². The molecule has 2 rings (SSSR count). The number of piperidine rings is 1. The highest BCUT2D eigenvalue weighted by molar-refractivity contribution is 5.87. The summed E-state index contributed by atoms with van der Waals surface area (Å²) in [6.45, 7) is 16.5. The summed E-state index contributed by atoms with van der Waals surface area (Å²) in [5.41, 5.74) is 1.22. The Kier molecular flexibility index (Phi) is 7.26. The van der Waals surface area contributed by atoms with Crippen molar-refractivity contribution in [2.24, 2.45) is 5.92 Å². The molecule has 0 aliphatic carbocycles. The normalized spacial score (nSPS) is 23.8. The lowest BCUT2D eigenvalue weighted by Crippen LogP contribution is -2.56. The van der Waals surface area contributed by atoms with E-state index in [1.807, 2.05) is 13.8 Å². The molecule has 138 valence electrons. The number of carbonyl (C=O) groups excluding carboxylic acids is 1. The zero-order valence-electron chi connectivity index (χ0n) is 15.9. The molecule has 1 N–H and O–H groups in total. The van der Waals surface area contributed by atoms with Gasteiger partial charge in [0.1, 0.15) is 0 Å². The predicted octanol–water partition coefficient (Wildman–Crippen LogP) is 1.89. The van der Waals surface area contributed by atoms with Gasteiger partial charge in [-0.3, -0.25) is 9.69 Å². The van der Waals surface area contributed by atoms with E-state index in [-0.39, 0.29) is 11.4 Å². The van der Waals surface area contributed by atoms with Gasteiger partial charge in [0.05, 0.1) is 13.2 Å². The minimum absolute atomic E-state index is 0.0424. The molecule has 5 heteroatoms. The summed E-state index contributed by atoms with van der Waals surface area (Å²) < 4.78 is 5.48. The Bertz CT molecular complexity index is 438. The number of morpholine rings is 1. The highest BCUT2D eigenvalue weighted by Crippen LogP contribution is 2.22. The molecule has 2 saturated heterocycles. The SMILES string of the molecule is CC(C)=CC(=O)NC[C@@H]1CCCN(CC(C)(C)N2CCOCC2)C1. The standard InChI is InChI=1S/C19H35N3O2/c1-16(2)12-18(23)20-13-17-6-5-7-21(14-17)15-19(3,4)22-8-10-24-11-9-22/h12,17H,5-11,13-15H2,1-4H3,(H,20,23)/t17-/m0/s1. The molecular formula is C19H35N3O2. The van der Waals surface area contributed by atoms with Crippen LogP contribution in [0.25, 0.3) is 0 Å². The van der Waals surface area contributed by atoms with E-state index in [0.29, 0.717) is 5.92 Å². The first-order chi connectivity index (χ1) is 11.4. The lowest BCUT2D eigenvalue weighted by atomic mass is 9.94. The third-order valence-electron chi connectivity index (χ3n) is 5.07. The van der Waals surface area contributed by atoms with Gasteiger partial charge in [-0.25, -0.2) is 0 Å². The maximum absolute atomic E-state index is 11.8. The zero-order valence-corrected chi connectivity index (χ0v) is 15.9. The Morgan fingerprint density at radius 1 is 1.25 bits per heavy atom. The Hall–Kier alpha value is -0.910. The molecule has 0 radical (unpaired) electrons. The maximum atomic E-state index is 11.8. The highest BCUT2D eigenvalue weighted by atomic mass is 16.5. The second-order valence-corrected chi connectivity index (χ2v) is 8.12. The summed E-state index contributed by atoms with van der Waals surface area (Å²) in [5, 5.41) is 3.06. The van der Waals surface area contributed by atoms with Crippen molar-refractivity contribution in [2.75, 3.05) is 52.5 Å². The smallest absolute Gasteiger partial charge is 0.243 e. The number of carbonyl (C=O) groups is 1. The predicted molar refractivity (Wildman–Crippen MR) is 98.1 cm³/mol. The maximum Gasteiger partial charge on any atom is 0.243 e. The van der Waals surface area contributed by atoms with Crippen LogP contribution in [0, 0.1) is 5.92 Å². The van der Waals surface area contributed by atoms with Crippen molar-refractivity contribution in [3.8, 4) is 0 Å². The van der Waals surface area contributed by atoms with Gasteiger partial charge >= 0.3 is 0 Å². The van der Waals surface area contributed by atoms with Crippen molar-refractivity contribution in [3.63, 3.8) is 0 Å². The van der Waals surface area contributed by atoms with Gasteiger partial charge in [-0.15, -0.1) is 0 Å². The Morgan fingerprint density at radius 2 is 1.96 bits per heavy atom. The Balaban J connectivity index is 1.79. The van der Waals surface area contributed by atoms with E-state index in [4.69, 9.17) is 4.74 Å². The van der Waals surface area contributed by atoms with E-state index < -0.39 is 0 Å². The van der Waals surface area contributed by atoms with E-state index >= 15 is 0 Å². The first kappa shape index (κ1) is 19.4. The first-order valence-corrected chi connectivity index (χ1v) is 9.35. The van der Waals surface area contributed by atoms with E-state index in [2.05, 4.69) is 29.0 Å². The van der Waals surface area contributed by atoms with Crippen molar-refractivity contribution >= 4 is 5.91 Å². The van der Waals surface area contributed by atoms with Gasteiger partial charge in [-0.1, -0.05) is 5.57 Å². The van der Waals surface area contributed by atoms with Gasteiger partial charge in [0.2, 0.25) is 5.91 Å². The summed E-state index contributed by atoms with van der Waals surface area (Å²) >= 11 is 0. The molecule has 0 aromatic carbocycles. The van der Waals surface area contributed by atoms with Gasteiger partial charge in [0.15, 0.2) is 0 Å². The fourth-order valence-corrected chi connectivity index (χ4v) is 3.84. The first-order valence-electron chi connectivity index (χ1n) is 9.35. The molecule has 2 fully saturated rings. The van der Waals surface area contributed by atoms with Crippen molar-refractivity contribution in [1.29, 1.82) is 0 Å². The monoisotopic (exact) mass is 337 g/mol. The molecule has 5 nitrogen and oxygen atoms in total. The molecule has 0 unspecified atom stereocenters. The third-order valence-corrected chi connectivity index (χ3v) is 5.07. The van der Waals surface area contributed by atoms with Crippen LogP contribution in [0.2, 0.25) is 0 Å². The number of hydrogen-bond acceptors (Lipinski definition) is 4. The second kappa shape index (κ2) is 8.97. The summed E-state index contributed by atoms with van der Waals surface area (Å²) in [7, 11) is 0. The van der Waals surface area contributed by atoms with Crippen LogP contribution in [0.3, 0.4) is 0 Å². The average molecular weight is 338 g/mol. The topological polar surface area (TPSA) is 44.8 Å². The van der Waals surface area contributed by atoms with Gasteiger partial charge in [0, 0.05) is 44.3 Å². The number of amides is 1. The molecule has 2 aliphatic heterocycles. The molecule has 2 heterocycles. The van der Waals surface area contributed by atoms with Gasteiger partial charge in [-0.2, -0.15) is 0 Å². The number of hydrogen-bond donors (Lipinski definition) is 1. The average Bonchev–Trinajstić information content (AvgIpc) is 2.53. The number of rotatable bonds is 6. The van der Waals surface area contributed by atoms with E-state index in [1.54, 1.807) is 6.08 Å². The molecule has 1 atom stereocenters. The van der Waals surface area contributed by atoms with Gasteiger partial charge < -0.3 is 15.0 Å². The third kappa shape index (κ3) is 6.19. The number of ether oxygens (including phenoxy) is 1. The zero-order chi connectivity index (χ0) is 17.6. The van der Waals surface area contributed by atoms with Crippen molar-refractivity contribution in [2.45, 2.75) is 46.1 Å². The number of likely N-dealkylation sites (tertiary alicyclic amines) is 1. The molecular weight excluding hydrogens is 302 g/mol. The Morgan fingerprint density at radius 3 is 2.62 bits per heavy atom. The minimum atomic E-state index is 0.0424. The molecule has 0 aromatic heterocycles. The van der Waals surface area contributed by atoms with Gasteiger partial charge in [0.25, 0.3) is 0 Å². The van der Waals surface area contributed by atoms with Crippen LogP contribution in [0.1, 0.15) is 40.5 Å². The fraction of sp³-hybridized carbons (Fsp3) is 0.842. The van der Waals surface area contributed by atoms with Crippen molar-refractivity contribution < 1.29 is 9.53 Å². The molecule has 0 spiro atoms. The highest BCUT2D eigenvalue weighted by Gasteiger charge is 2.32. The van der Waals surface area contributed by atoms with Crippen molar-refractivity contribution in [1.82, 2.24) is 15.1 Å². The van der Waals surface area contributed by atoms with Crippen LogP contribution < -0.4 is 5.32 Å². The second-order valence-electron chi connectivity index (χ2n) is 8.12. The van der Waals surface area contributed by atoms with Crippen LogP contribution in [-0.4, -0.2) is 73.7 Å². The Labute approximate surface area is 147 Å². The summed E-state index contributed by atoms with van der Waals surface area (Å²) in [6.07, 6.45) is 4.12. The molecule has 0 saturated carbocycles. The molecule has 0 bridgehead atoms. The van der Waals surface area contributed by atoms with Crippen LogP contribution in [0.4, 0.5) is 0 Å². The summed E-state index contributed by atoms with van der Waals surface area (Å²) in [6, 6.07) is 0. The molecule has 2 aliphatic rings. The fourth-order valence-electron chi connectivity index (χ4n) is 3.84. The largest absolute Gasteiger partial charge is 0.379 e. The van der Waals surface area contributed by atoms with Gasteiger partial charge in [-0.05, 0) is 53.0 Å². The van der Waals surface area contributed by atoms with E-state index in [1.165, 1.54) is 19.4 Å². The van der Waals surface area contributed by atoms with Crippen molar-refractivity contribution in [3.05, 3.63) is 11.6 Å². The summed E-state index contributed by atoms with van der Waals surface area (Å²) in [5.74, 6) is 0.606.